The molecular formula is C10H14BrN3. The summed E-state index contributed by atoms with van der Waals surface area (Å²) in [6, 6.07) is 1.98. The van der Waals surface area contributed by atoms with Crippen LogP contribution in [0.15, 0.2) is 18.6 Å². The van der Waals surface area contributed by atoms with E-state index in [2.05, 4.69) is 30.8 Å². The maximum absolute atomic E-state index is 4.27. The van der Waals surface area contributed by atoms with Crippen LogP contribution in [0.3, 0.4) is 0 Å². The highest BCUT2D eigenvalue weighted by atomic mass is 79.9. The Kier molecular flexibility index (Phi) is 3.35. The second-order valence-electron chi connectivity index (χ2n) is 3.68. The second kappa shape index (κ2) is 4.73. The molecule has 2 heterocycles. The summed E-state index contributed by atoms with van der Waals surface area (Å²) in [6.07, 6.45) is 6.01. The number of hydrogen-bond donors (Lipinski definition) is 0. The monoisotopic (exact) mass is 255 g/mol. The van der Waals surface area contributed by atoms with Crippen LogP contribution in [0.2, 0.25) is 0 Å². The Morgan fingerprint density at radius 2 is 2.50 bits per heavy atom. The molecule has 0 bridgehead atoms. The minimum atomic E-state index is 0.763. The Labute approximate surface area is 92.7 Å². The van der Waals surface area contributed by atoms with E-state index in [1.54, 1.807) is 12.5 Å². The van der Waals surface area contributed by atoms with Crippen LogP contribution >= 0.6 is 15.9 Å². The van der Waals surface area contributed by atoms with Crippen molar-refractivity contribution in [3.8, 4) is 0 Å². The maximum atomic E-state index is 4.27. The van der Waals surface area contributed by atoms with Crippen LogP contribution in [-0.4, -0.2) is 28.4 Å². The zero-order chi connectivity index (χ0) is 9.80. The highest BCUT2D eigenvalue weighted by Gasteiger charge is 2.19. The molecule has 4 heteroatoms. The molecular weight excluding hydrogens is 242 g/mol. The first kappa shape index (κ1) is 9.90. The highest BCUT2D eigenvalue weighted by molar-refractivity contribution is 9.09. The van der Waals surface area contributed by atoms with E-state index in [4.69, 9.17) is 0 Å². The van der Waals surface area contributed by atoms with E-state index >= 15 is 0 Å². The van der Waals surface area contributed by atoms with E-state index in [0.29, 0.717) is 0 Å². The number of anilines is 1. The van der Waals surface area contributed by atoms with Crippen LogP contribution in [-0.2, 0) is 0 Å². The summed E-state index contributed by atoms with van der Waals surface area (Å²) in [5.41, 5.74) is 0. The predicted octanol–water partition coefficient (Wildman–Crippen LogP) is 2.09. The lowest BCUT2D eigenvalue weighted by molar-refractivity contribution is 0.452. The van der Waals surface area contributed by atoms with E-state index in [1.165, 1.54) is 12.8 Å². The third-order valence-electron chi connectivity index (χ3n) is 2.63. The van der Waals surface area contributed by atoms with Crippen LogP contribution in [0, 0.1) is 5.92 Å². The van der Waals surface area contributed by atoms with Crippen molar-refractivity contribution < 1.29 is 0 Å². The van der Waals surface area contributed by atoms with Gasteiger partial charge in [-0.2, -0.15) is 0 Å². The van der Waals surface area contributed by atoms with E-state index in [1.807, 2.05) is 6.07 Å². The third kappa shape index (κ3) is 2.23. The number of alkyl halides is 1. The molecule has 1 aliphatic heterocycles. The van der Waals surface area contributed by atoms with Crippen LogP contribution in [0.25, 0.3) is 0 Å². The lowest BCUT2D eigenvalue weighted by atomic mass is 10.0. The fourth-order valence-corrected chi connectivity index (χ4v) is 2.40. The van der Waals surface area contributed by atoms with E-state index in [0.717, 1.165) is 30.2 Å². The van der Waals surface area contributed by atoms with Gasteiger partial charge in [0, 0.05) is 24.6 Å². The largest absolute Gasteiger partial charge is 0.356 e. The van der Waals surface area contributed by atoms with Crippen molar-refractivity contribution in [2.45, 2.75) is 12.8 Å². The highest BCUT2D eigenvalue weighted by Crippen LogP contribution is 2.21. The summed E-state index contributed by atoms with van der Waals surface area (Å²) in [5, 5.41) is 1.09. The molecule has 2 rings (SSSR count). The van der Waals surface area contributed by atoms with Gasteiger partial charge in [-0.05, 0) is 24.8 Å². The summed E-state index contributed by atoms with van der Waals surface area (Å²) in [5.74, 6) is 1.82. The van der Waals surface area contributed by atoms with Gasteiger partial charge in [0.2, 0.25) is 0 Å². The van der Waals surface area contributed by atoms with Gasteiger partial charge in [-0.1, -0.05) is 15.9 Å². The zero-order valence-electron chi connectivity index (χ0n) is 8.06. The molecule has 1 aromatic rings. The van der Waals surface area contributed by atoms with Crippen molar-refractivity contribution in [3.05, 3.63) is 18.6 Å². The van der Waals surface area contributed by atoms with E-state index in [-0.39, 0.29) is 0 Å². The van der Waals surface area contributed by atoms with Gasteiger partial charge in [0.1, 0.15) is 12.1 Å². The van der Waals surface area contributed by atoms with Crippen molar-refractivity contribution in [2.75, 3.05) is 23.3 Å². The van der Waals surface area contributed by atoms with Gasteiger partial charge in [0.25, 0.3) is 0 Å². The van der Waals surface area contributed by atoms with Gasteiger partial charge < -0.3 is 4.90 Å². The number of nitrogens with zero attached hydrogens (tertiary/aromatic N) is 3. The molecule has 0 saturated carbocycles. The summed E-state index contributed by atoms with van der Waals surface area (Å²) >= 11 is 3.55. The van der Waals surface area contributed by atoms with Gasteiger partial charge in [0.15, 0.2) is 0 Å². The van der Waals surface area contributed by atoms with Crippen LogP contribution in [0.4, 0.5) is 5.82 Å². The normalized spacial score (nSPS) is 22.4. The van der Waals surface area contributed by atoms with Crippen molar-refractivity contribution in [2.24, 2.45) is 5.92 Å². The summed E-state index contributed by atoms with van der Waals surface area (Å²) < 4.78 is 0. The molecule has 0 amide bonds. The summed E-state index contributed by atoms with van der Waals surface area (Å²) in [4.78, 5) is 10.5. The van der Waals surface area contributed by atoms with Gasteiger partial charge in [-0.15, -0.1) is 0 Å². The van der Waals surface area contributed by atoms with Crippen molar-refractivity contribution in [3.63, 3.8) is 0 Å². The fourth-order valence-electron chi connectivity index (χ4n) is 1.87. The first-order valence-corrected chi connectivity index (χ1v) is 6.09. The minimum Gasteiger partial charge on any atom is -0.356 e. The number of aromatic nitrogens is 2. The summed E-state index contributed by atoms with van der Waals surface area (Å²) in [6.45, 7) is 2.24. The lowest BCUT2D eigenvalue weighted by Crippen LogP contribution is -2.36. The van der Waals surface area contributed by atoms with Crippen LogP contribution in [0.5, 0.6) is 0 Å². The molecule has 76 valence electrons. The standard InChI is InChI=1S/C10H14BrN3/c11-6-9-2-1-5-14(7-9)10-3-4-12-8-13-10/h3-4,8-9H,1-2,5-7H2. The second-order valence-corrected chi connectivity index (χ2v) is 4.32. The molecule has 0 radical (unpaired) electrons. The molecule has 0 N–H and O–H groups in total. The van der Waals surface area contributed by atoms with Gasteiger partial charge in [-0.3, -0.25) is 0 Å². The molecule has 1 unspecified atom stereocenters. The Morgan fingerprint density at radius 1 is 1.57 bits per heavy atom. The number of rotatable bonds is 2. The van der Waals surface area contributed by atoms with E-state index in [9.17, 15) is 0 Å². The molecule has 0 aliphatic carbocycles. The zero-order valence-corrected chi connectivity index (χ0v) is 9.65. The predicted molar refractivity (Wildman–Crippen MR) is 60.8 cm³/mol. The molecule has 14 heavy (non-hydrogen) atoms. The van der Waals surface area contributed by atoms with Crippen molar-refractivity contribution in [1.82, 2.24) is 9.97 Å². The number of piperidine rings is 1. The number of hydrogen-bond acceptors (Lipinski definition) is 3. The fraction of sp³-hybridized carbons (Fsp3) is 0.600. The van der Waals surface area contributed by atoms with Gasteiger partial charge in [0.05, 0.1) is 0 Å². The van der Waals surface area contributed by atoms with Crippen LogP contribution in [0.1, 0.15) is 12.8 Å². The van der Waals surface area contributed by atoms with Gasteiger partial charge in [-0.25, -0.2) is 9.97 Å². The van der Waals surface area contributed by atoms with Gasteiger partial charge >= 0.3 is 0 Å². The SMILES string of the molecule is BrCC1CCCN(c2ccncn2)C1. The van der Waals surface area contributed by atoms with Crippen molar-refractivity contribution >= 4 is 21.7 Å². The molecule has 0 aromatic carbocycles. The Hall–Kier alpha value is -0.640. The Balaban J connectivity index is 2.04. The first-order chi connectivity index (χ1) is 6.90. The molecule has 1 saturated heterocycles. The number of halogens is 1. The molecule has 1 aliphatic rings. The van der Waals surface area contributed by atoms with Crippen LogP contribution < -0.4 is 4.90 Å². The average Bonchev–Trinajstić information content (AvgIpc) is 2.30. The average molecular weight is 256 g/mol. The molecule has 3 nitrogen and oxygen atoms in total. The quantitative estimate of drug-likeness (QED) is 0.759. The summed E-state index contributed by atoms with van der Waals surface area (Å²) in [7, 11) is 0. The molecule has 1 atom stereocenters. The Bertz CT molecular complexity index is 278. The van der Waals surface area contributed by atoms with E-state index < -0.39 is 0 Å². The minimum absolute atomic E-state index is 0.763. The lowest BCUT2D eigenvalue weighted by Gasteiger charge is -2.32. The first-order valence-electron chi connectivity index (χ1n) is 4.97. The third-order valence-corrected chi connectivity index (χ3v) is 3.54. The Morgan fingerprint density at radius 3 is 3.21 bits per heavy atom. The topological polar surface area (TPSA) is 29.0 Å². The maximum Gasteiger partial charge on any atom is 0.131 e. The molecule has 1 fully saturated rings. The smallest absolute Gasteiger partial charge is 0.131 e. The molecule has 0 spiro atoms. The molecule has 1 aromatic heterocycles. The van der Waals surface area contributed by atoms with Crippen molar-refractivity contribution in [1.29, 1.82) is 0 Å².